The van der Waals surface area contributed by atoms with Crippen LogP contribution in [0.3, 0.4) is 0 Å². The van der Waals surface area contributed by atoms with Crippen molar-refractivity contribution >= 4 is 29.3 Å². The number of non-ortho nitro benzene ring substituents is 1. The van der Waals surface area contributed by atoms with Crippen LogP contribution in [-0.2, 0) is 16.1 Å². The highest BCUT2D eigenvalue weighted by molar-refractivity contribution is 7.98. The van der Waals surface area contributed by atoms with E-state index in [1.165, 1.54) is 54.2 Å². The molecule has 1 aromatic heterocycles. The normalized spacial score (nSPS) is 11.6. The Kier molecular flexibility index (Phi) is 8.08. The Balaban J connectivity index is 1.63. The number of benzene rings is 2. The van der Waals surface area contributed by atoms with E-state index in [1.807, 2.05) is 6.26 Å². The molecule has 0 aliphatic heterocycles. The van der Waals surface area contributed by atoms with Gasteiger partial charge < -0.3 is 14.6 Å². The highest BCUT2D eigenvalue weighted by Gasteiger charge is 2.24. The average Bonchev–Trinajstić information content (AvgIpc) is 3.29. The molecule has 2 aromatic carbocycles. The minimum absolute atomic E-state index is 0.0493. The van der Waals surface area contributed by atoms with Crippen LogP contribution in [0, 0.1) is 15.9 Å². The van der Waals surface area contributed by atoms with Gasteiger partial charge in [-0.2, -0.15) is 16.7 Å². The standard InChI is InChI=1S/C21H19FN4O6S/c1-33-10-9-17(23-19(27)14-3-2-4-16(11-14)26(29)30)21(28)31-12-18-24-20(32-25-18)13-5-7-15(22)8-6-13/h2-8,11,17H,9-10,12H2,1H3,(H,23,27). The largest absolute Gasteiger partial charge is 0.456 e. The molecule has 1 atom stereocenters. The highest BCUT2D eigenvalue weighted by Crippen LogP contribution is 2.18. The van der Waals surface area contributed by atoms with Crippen molar-refractivity contribution in [2.45, 2.75) is 19.1 Å². The second kappa shape index (κ2) is 11.2. The number of nitro benzene ring substituents is 1. The first-order valence-electron chi connectivity index (χ1n) is 9.67. The van der Waals surface area contributed by atoms with Crippen LogP contribution in [0.2, 0.25) is 0 Å². The van der Waals surface area contributed by atoms with E-state index in [-0.39, 0.29) is 36.0 Å². The summed E-state index contributed by atoms with van der Waals surface area (Å²) in [6.45, 7) is -0.300. The van der Waals surface area contributed by atoms with Crippen molar-refractivity contribution in [3.05, 3.63) is 75.9 Å². The zero-order valence-corrected chi connectivity index (χ0v) is 18.2. The number of carbonyl (C=O) groups is 2. The fourth-order valence-corrected chi connectivity index (χ4v) is 3.22. The number of halogens is 1. The minimum Gasteiger partial charge on any atom is -0.456 e. The summed E-state index contributed by atoms with van der Waals surface area (Å²) in [4.78, 5) is 39.6. The van der Waals surface area contributed by atoms with Crippen molar-refractivity contribution in [3.63, 3.8) is 0 Å². The molecule has 1 heterocycles. The maximum absolute atomic E-state index is 13.0. The lowest BCUT2D eigenvalue weighted by atomic mass is 10.1. The highest BCUT2D eigenvalue weighted by atomic mass is 32.2. The number of nitrogens with zero attached hydrogens (tertiary/aromatic N) is 3. The van der Waals surface area contributed by atoms with Crippen LogP contribution in [-0.4, -0.2) is 45.0 Å². The van der Waals surface area contributed by atoms with Crippen LogP contribution in [0.5, 0.6) is 0 Å². The molecule has 1 unspecified atom stereocenters. The SMILES string of the molecule is CSCCC(NC(=O)c1cccc([N+](=O)[O-])c1)C(=O)OCc1noc(-c2ccc(F)cc2)n1. The number of amides is 1. The molecular formula is C21H19FN4O6S. The molecule has 0 aliphatic rings. The van der Waals surface area contributed by atoms with E-state index < -0.39 is 28.7 Å². The van der Waals surface area contributed by atoms with Gasteiger partial charge in [0.1, 0.15) is 11.9 Å². The van der Waals surface area contributed by atoms with Gasteiger partial charge in [-0.05, 0) is 48.8 Å². The average molecular weight is 474 g/mol. The van der Waals surface area contributed by atoms with Crippen LogP contribution < -0.4 is 5.32 Å². The molecule has 12 heteroatoms. The number of esters is 1. The molecule has 0 spiro atoms. The molecule has 33 heavy (non-hydrogen) atoms. The summed E-state index contributed by atoms with van der Waals surface area (Å²) in [7, 11) is 0. The quantitative estimate of drug-likeness (QED) is 0.266. The van der Waals surface area contributed by atoms with Gasteiger partial charge in [-0.3, -0.25) is 14.9 Å². The number of rotatable bonds is 10. The lowest BCUT2D eigenvalue weighted by Gasteiger charge is -2.17. The van der Waals surface area contributed by atoms with Crippen LogP contribution in [0.25, 0.3) is 11.5 Å². The predicted octanol–water partition coefficient (Wildman–Crippen LogP) is 3.38. The van der Waals surface area contributed by atoms with Crippen LogP contribution in [0.15, 0.2) is 53.1 Å². The Morgan fingerprint density at radius 3 is 2.73 bits per heavy atom. The summed E-state index contributed by atoms with van der Waals surface area (Å²) < 4.78 is 23.4. The number of carbonyl (C=O) groups excluding carboxylic acids is 2. The third-order valence-electron chi connectivity index (χ3n) is 4.42. The van der Waals surface area contributed by atoms with Gasteiger partial charge in [0.2, 0.25) is 5.82 Å². The number of thioether (sulfide) groups is 1. The molecule has 0 bridgehead atoms. The number of nitrogens with one attached hydrogen (secondary N) is 1. The lowest BCUT2D eigenvalue weighted by molar-refractivity contribution is -0.384. The first-order chi connectivity index (χ1) is 15.9. The van der Waals surface area contributed by atoms with Gasteiger partial charge in [-0.1, -0.05) is 11.2 Å². The Labute approximate surface area is 191 Å². The summed E-state index contributed by atoms with van der Waals surface area (Å²) in [5.41, 5.74) is 0.316. The smallest absolute Gasteiger partial charge is 0.329 e. The number of nitro groups is 1. The Hall–Kier alpha value is -3.80. The van der Waals surface area contributed by atoms with Crippen LogP contribution in [0.4, 0.5) is 10.1 Å². The number of aromatic nitrogens is 2. The monoisotopic (exact) mass is 474 g/mol. The topological polar surface area (TPSA) is 137 Å². The number of hydrogen-bond acceptors (Lipinski definition) is 9. The van der Waals surface area contributed by atoms with Crippen molar-refractivity contribution in [2.75, 3.05) is 12.0 Å². The summed E-state index contributed by atoms with van der Waals surface area (Å²) >= 11 is 1.48. The third kappa shape index (κ3) is 6.59. The van der Waals surface area contributed by atoms with Gasteiger partial charge in [-0.25, -0.2) is 9.18 Å². The summed E-state index contributed by atoms with van der Waals surface area (Å²) in [5.74, 6) is -0.965. The van der Waals surface area contributed by atoms with E-state index in [2.05, 4.69) is 15.5 Å². The zero-order valence-electron chi connectivity index (χ0n) is 17.4. The molecular weight excluding hydrogens is 455 g/mol. The minimum atomic E-state index is -0.979. The van der Waals surface area contributed by atoms with E-state index >= 15 is 0 Å². The molecule has 10 nitrogen and oxygen atoms in total. The van der Waals surface area contributed by atoms with E-state index in [0.29, 0.717) is 11.3 Å². The van der Waals surface area contributed by atoms with Gasteiger partial charge in [0.15, 0.2) is 6.61 Å². The summed E-state index contributed by atoms with van der Waals surface area (Å²) in [5, 5.41) is 17.2. The summed E-state index contributed by atoms with van der Waals surface area (Å²) in [6, 6.07) is 9.66. The first-order valence-corrected chi connectivity index (χ1v) is 11.1. The predicted molar refractivity (Wildman–Crippen MR) is 117 cm³/mol. The molecule has 1 N–H and O–H groups in total. The molecule has 3 aromatic rings. The molecule has 0 aliphatic carbocycles. The summed E-state index contributed by atoms with van der Waals surface area (Å²) in [6.07, 6.45) is 2.13. The fraction of sp³-hybridized carbons (Fsp3) is 0.238. The fourth-order valence-electron chi connectivity index (χ4n) is 2.75. The van der Waals surface area contributed by atoms with Gasteiger partial charge in [0.25, 0.3) is 17.5 Å². The van der Waals surface area contributed by atoms with Crippen molar-refractivity contribution in [1.82, 2.24) is 15.5 Å². The molecule has 1 amide bonds. The van der Waals surface area contributed by atoms with Gasteiger partial charge in [-0.15, -0.1) is 0 Å². The second-order valence-corrected chi connectivity index (χ2v) is 7.73. The van der Waals surface area contributed by atoms with E-state index in [4.69, 9.17) is 9.26 Å². The van der Waals surface area contributed by atoms with Crippen molar-refractivity contribution in [2.24, 2.45) is 0 Å². The number of ether oxygens (including phenoxy) is 1. The van der Waals surface area contributed by atoms with E-state index in [0.717, 1.165) is 6.07 Å². The molecule has 0 radical (unpaired) electrons. The Morgan fingerprint density at radius 1 is 1.27 bits per heavy atom. The molecule has 0 fully saturated rings. The zero-order chi connectivity index (χ0) is 23.8. The van der Waals surface area contributed by atoms with Crippen molar-refractivity contribution < 1.29 is 28.2 Å². The maximum atomic E-state index is 13.0. The van der Waals surface area contributed by atoms with E-state index in [9.17, 15) is 24.1 Å². The molecule has 0 saturated carbocycles. The van der Waals surface area contributed by atoms with Gasteiger partial charge in [0, 0.05) is 23.3 Å². The second-order valence-electron chi connectivity index (χ2n) is 6.75. The molecule has 0 saturated heterocycles. The van der Waals surface area contributed by atoms with Crippen LogP contribution >= 0.6 is 11.8 Å². The Bertz CT molecular complexity index is 1140. The lowest BCUT2D eigenvalue weighted by Crippen LogP contribution is -2.42. The van der Waals surface area contributed by atoms with Crippen molar-refractivity contribution in [3.8, 4) is 11.5 Å². The molecule has 3 rings (SSSR count). The van der Waals surface area contributed by atoms with E-state index in [1.54, 1.807) is 0 Å². The van der Waals surface area contributed by atoms with Crippen LogP contribution in [0.1, 0.15) is 22.6 Å². The Morgan fingerprint density at radius 2 is 2.03 bits per heavy atom. The molecule has 172 valence electrons. The van der Waals surface area contributed by atoms with Gasteiger partial charge >= 0.3 is 5.97 Å². The first kappa shape index (κ1) is 23.9. The van der Waals surface area contributed by atoms with Crippen molar-refractivity contribution in [1.29, 1.82) is 0 Å². The van der Waals surface area contributed by atoms with Gasteiger partial charge in [0.05, 0.1) is 4.92 Å². The third-order valence-corrected chi connectivity index (χ3v) is 5.07. The number of hydrogen-bond donors (Lipinski definition) is 1. The maximum Gasteiger partial charge on any atom is 0.329 e.